The Labute approximate surface area is 200 Å². The van der Waals surface area contributed by atoms with Crippen molar-refractivity contribution in [2.45, 2.75) is 32.6 Å². The summed E-state index contributed by atoms with van der Waals surface area (Å²) >= 11 is 3.66. The maximum absolute atomic E-state index is 12.4. The Kier molecular flexibility index (Phi) is 5.65. The number of amides is 1. The fourth-order valence-corrected chi connectivity index (χ4v) is 4.99. The standard InChI is InChI=1S/C24H26BrN7O/c1-15(2)24(33)30-10-8-16(9-11-30)21-20(25)22(26)32-23(29-21)19(13-28-32)17-12-27-31(14-17)18-6-4-3-5-7-18/h3-7,12-16H,8-11,26H2,1-2H3. The molecule has 0 radical (unpaired) electrons. The summed E-state index contributed by atoms with van der Waals surface area (Å²) in [6, 6.07) is 9.97. The van der Waals surface area contributed by atoms with Gasteiger partial charge in [-0.1, -0.05) is 32.0 Å². The summed E-state index contributed by atoms with van der Waals surface area (Å²) in [7, 11) is 0. The quantitative estimate of drug-likeness (QED) is 0.444. The number of anilines is 1. The minimum absolute atomic E-state index is 0.0181. The number of para-hydroxylation sites is 1. The molecule has 2 N–H and O–H groups in total. The first-order valence-electron chi connectivity index (χ1n) is 11.2. The molecule has 1 aliphatic rings. The molecule has 0 saturated carbocycles. The molecule has 170 valence electrons. The molecule has 8 nitrogen and oxygen atoms in total. The topological polar surface area (TPSA) is 94.3 Å². The first kappa shape index (κ1) is 21.6. The zero-order chi connectivity index (χ0) is 23.1. The zero-order valence-corrected chi connectivity index (χ0v) is 20.2. The summed E-state index contributed by atoms with van der Waals surface area (Å²) in [5.74, 6) is 0.976. The molecule has 3 aromatic heterocycles. The molecule has 0 atom stereocenters. The highest BCUT2D eigenvalue weighted by Crippen LogP contribution is 2.37. The van der Waals surface area contributed by atoms with Gasteiger partial charge in [0.05, 0.1) is 28.2 Å². The molecule has 1 aliphatic heterocycles. The van der Waals surface area contributed by atoms with Crippen molar-refractivity contribution in [3.05, 3.63) is 59.1 Å². The number of nitrogens with zero attached hydrogens (tertiary/aromatic N) is 6. The number of hydrogen-bond acceptors (Lipinski definition) is 5. The highest BCUT2D eigenvalue weighted by molar-refractivity contribution is 9.10. The van der Waals surface area contributed by atoms with Gasteiger partial charge < -0.3 is 10.6 Å². The summed E-state index contributed by atoms with van der Waals surface area (Å²) in [5.41, 5.74) is 10.9. The largest absolute Gasteiger partial charge is 0.383 e. The van der Waals surface area contributed by atoms with Crippen molar-refractivity contribution < 1.29 is 4.79 Å². The molecule has 33 heavy (non-hydrogen) atoms. The van der Waals surface area contributed by atoms with Gasteiger partial charge in [0, 0.05) is 42.2 Å². The van der Waals surface area contributed by atoms with E-state index in [-0.39, 0.29) is 17.7 Å². The van der Waals surface area contributed by atoms with E-state index in [1.54, 1.807) is 10.7 Å². The van der Waals surface area contributed by atoms with Gasteiger partial charge in [-0.3, -0.25) is 4.79 Å². The van der Waals surface area contributed by atoms with Gasteiger partial charge in [-0.05, 0) is 40.9 Å². The van der Waals surface area contributed by atoms with Crippen LogP contribution in [0, 0.1) is 5.92 Å². The van der Waals surface area contributed by atoms with Crippen molar-refractivity contribution in [1.29, 1.82) is 0 Å². The molecule has 0 bridgehead atoms. The Balaban J connectivity index is 1.48. The van der Waals surface area contributed by atoms with E-state index < -0.39 is 0 Å². The minimum Gasteiger partial charge on any atom is -0.383 e. The SMILES string of the molecule is CC(C)C(=O)N1CCC(c2nc3c(-c4cnn(-c5ccccc5)c4)cnn3c(N)c2Br)CC1. The third kappa shape index (κ3) is 3.90. The van der Waals surface area contributed by atoms with Crippen LogP contribution >= 0.6 is 15.9 Å². The first-order chi connectivity index (χ1) is 15.9. The molecule has 1 amide bonds. The van der Waals surface area contributed by atoms with E-state index >= 15 is 0 Å². The highest BCUT2D eigenvalue weighted by atomic mass is 79.9. The zero-order valence-electron chi connectivity index (χ0n) is 18.6. The lowest BCUT2D eigenvalue weighted by molar-refractivity contribution is -0.135. The van der Waals surface area contributed by atoms with Crippen LogP contribution in [-0.4, -0.2) is 48.3 Å². The Morgan fingerprint density at radius 2 is 1.85 bits per heavy atom. The van der Waals surface area contributed by atoms with Gasteiger partial charge in [-0.2, -0.15) is 14.7 Å². The van der Waals surface area contributed by atoms with Crippen LogP contribution in [0.15, 0.2) is 53.4 Å². The molecule has 5 rings (SSSR count). The van der Waals surface area contributed by atoms with Crippen molar-refractivity contribution in [1.82, 2.24) is 29.3 Å². The predicted octanol–water partition coefficient (Wildman–Crippen LogP) is 4.29. The first-order valence-corrected chi connectivity index (χ1v) is 11.9. The molecule has 1 fully saturated rings. The Hall–Kier alpha value is -3.20. The van der Waals surface area contributed by atoms with Crippen LogP contribution in [-0.2, 0) is 4.79 Å². The van der Waals surface area contributed by atoms with Crippen LogP contribution in [0.3, 0.4) is 0 Å². The smallest absolute Gasteiger partial charge is 0.225 e. The Morgan fingerprint density at radius 3 is 2.55 bits per heavy atom. The molecule has 1 aromatic carbocycles. The molecule has 0 aliphatic carbocycles. The fraction of sp³-hybridized carbons (Fsp3) is 0.333. The molecule has 9 heteroatoms. The normalized spacial score (nSPS) is 15.0. The lowest BCUT2D eigenvalue weighted by Gasteiger charge is -2.33. The lowest BCUT2D eigenvalue weighted by Crippen LogP contribution is -2.40. The van der Waals surface area contributed by atoms with Gasteiger partial charge >= 0.3 is 0 Å². The van der Waals surface area contributed by atoms with Gasteiger partial charge in [0.25, 0.3) is 0 Å². The van der Waals surface area contributed by atoms with Crippen molar-refractivity contribution in [2.75, 3.05) is 18.8 Å². The summed E-state index contributed by atoms with van der Waals surface area (Å²) in [6.45, 7) is 5.36. The summed E-state index contributed by atoms with van der Waals surface area (Å²) in [5, 5.41) is 9.00. The second kappa shape index (κ2) is 8.62. The van der Waals surface area contributed by atoms with Crippen LogP contribution in [0.1, 0.15) is 38.3 Å². The monoisotopic (exact) mass is 507 g/mol. The van der Waals surface area contributed by atoms with E-state index in [0.717, 1.165) is 52.9 Å². The van der Waals surface area contributed by atoms with Gasteiger partial charge in [0.1, 0.15) is 5.82 Å². The molecular weight excluding hydrogens is 482 g/mol. The summed E-state index contributed by atoms with van der Waals surface area (Å²) in [4.78, 5) is 19.3. The highest BCUT2D eigenvalue weighted by Gasteiger charge is 2.29. The van der Waals surface area contributed by atoms with E-state index in [9.17, 15) is 4.79 Å². The van der Waals surface area contributed by atoms with Crippen molar-refractivity contribution in [3.8, 4) is 16.8 Å². The number of likely N-dealkylation sites (tertiary alicyclic amines) is 1. The van der Waals surface area contributed by atoms with Crippen molar-refractivity contribution in [2.24, 2.45) is 5.92 Å². The maximum Gasteiger partial charge on any atom is 0.225 e. The van der Waals surface area contributed by atoms with Gasteiger partial charge in [0.15, 0.2) is 5.65 Å². The summed E-state index contributed by atoms with van der Waals surface area (Å²) in [6.07, 6.45) is 7.29. The maximum atomic E-state index is 12.4. The third-order valence-corrected chi connectivity index (χ3v) is 7.06. The number of carbonyl (C=O) groups is 1. The molecular formula is C24H26BrN7O. The van der Waals surface area contributed by atoms with Gasteiger partial charge in [-0.15, -0.1) is 0 Å². The third-order valence-electron chi connectivity index (χ3n) is 6.25. The van der Waals surface area contributed by atoms with Crippen LogP contribution in [0.5, 0.6) is 0 Å². The van der Waals surface area contributed by atoms with Crippen LogP contribution in [0.4, 0.5) is 5.82 Å². The van der Waals surface area contributed by atoms with E-state index in [0.29, 0.717) is 11.5 Å². The van der Waals surface area contributed by atoms with E-state index in [1.807, 2.05) is 66.2 Å². The number of benzene rings is 1. The van der Waals surface area contributed by atoms with Crippen LogP contribution in [0.2, 0.25) is 0 Å². The number of carbonyl (C=O) groups excluding carboxylic acids is 1. The molecule has 1 saturated heterocycles. The van der Waals surface area contributed by atoms with Crippen LogP contribution in [0.25, 0.3) is 22.5 Å². The Morgan fingerprint density at radius 1 is 1.12 bits per heavy atom. The van der Waals surface area contributed by atoms with Crippen LogP contribution < -0.4 is 5.73 Å². The van der Waals surface area contributed by atoms with Crippen molar-refractivity contribution >= 4 is 33.3 Å². The number of piperidine rings is 1. The van der Waals surface area contributed by atoms with Crippen molar-refractivity contribution in [3.63, 3.8) is 0 Å². The lowest BCUT2D eigenvalue weighted by atomic mass is 9.92. The summed E-state index contributed by atoms with van der Waals surface area (Å²) < 4.78 is 4.28. The average Bonchev–Trinajstić information content (AvgIpc) is 3.49. The molecule has 4 heterocycles. The number of nitrogen functional groups attached to an aromatic ring is 1. The Bertz CT molecular complexity index is 1300. The van der Waals surface area contributed by atoms with E-state index in [1.165, 1.54) is 0 Å². The number of fused-ring (bicyclic) bond motifs is 1. The molecule has 0 spiro atoms. The van der Waals surface area contributed by atoms with Gasteiger partial charge in [-0.25, -0.2) is 9.67 Å². The molecule has 4 aromatic rings. The van der Waals surface area contributed by atoms with Gasteiger partial charge in [0.2, 0.25) is 5.91 Å². The fourth-order valence-electron chi connectivity index (χ4n) is 4.41. The average molecular weight is 508 g/mol. The molecule has 0 unspecified atom stereocenters. The number of rotatable bonds is 4. The predicted molar refractivity (Wildman–Crippen MR) is 131 cm³/mol. The second-order valence-corrected chi connectivity index (χ2v) is 9.55. The van der Waals surface area contributed by atoms with E-state index in [2.05, 4.69) is 26.1 Å². The number of hydrogen-bond donors (Lipinski definition) is 1. The minimum atomic E-state index is 0.0181. The number of aromatic nitrogens is 5. The number of nitrogens with two attached hydrogens (primary N) is 1. The second-order valence-electron chi connectivity index (χ2n) is 8.75. The van der Waals surface area contributed by atoms with E-state index in [4.69, 9.17) is 10.7 Å². The number of halogens is 1.